The highest BCUT2D eigenvalue weighted by molar-refractivity contribution is 7.92. The van der Waals surface area contributed by atoms with Crippen molar-refractivity contribution in [1.82, 2.24) is 4.98 Å². The van der Waals surface area contributed by atoms with E-state index in [1.54, 1.807) is 44.3 Å². The van der Waals surface area contributed by atoms with Gasteiger partial charge in [-0.3, -0.25) is 14.5 Å². The van der Waals surface area contributed by atoms with Gasteiger partial charge in [0.15, 0.2) is 0 Å². The van der Waals surface area contributed by atoms with Gasteiger partial charge < -0.3 is 10.1 Å². The van der Waals surface area contributed by atoms with Gasteiger partial charge in [0.05, 0.1) is 17.1 Å². The lowest BCUT2D eigenvalue weighted by Crippen LogP contribution is -2.15. The van der Waals surface area contributed by atoms with Gasteiger partial charge in [-0.05, 0) is 73.5 Å². The van der Waals surface area contributed by atoms with Gasteiger partial charge in [-0.25, -0.2) is 8.42 Å². The van der Waals surface area contributed by atoms with Crippen LogP contribution in [0.1, 0.15) is 23.7 Å². The molecule has 0 atom stereocenters. The predicted octanol–water partition coefficient (Wildman–Crippen LogP) is 4.38. The number of hydrogen-bond donors (Lipinski definition) is 2. The lowest BCUT2D eigenvalue weighted by atomic mass is 10.2. The van der Waals surface area contributed by atoms with Gasteiger partial charge in [0.1, 0.15) is 12.4 Å². The third-order valence-electron chi connectivity index (χ3n) is 4.56. The van der Waals surface area contributed by atoms with Gasteiger partial charge in [0.2, 0.25) is 15.9 Å². The van der Waals surface area contributed by atoms with E-state index in [0.717, 1.165) is 11.3 Å². The summed E-state index contributed by atoms with van der Waals surface area (Å²) in [4.78, 5) is 16.5. The number of pyridine rings is 1. The van der Waals surface area contributed by atoms with Crippen molar-refractivity contribution < 1.29 is 17.9 Å². The maximum absolute atomic E-state index is 12.2. The largest absolute Gasteiger partial charge is 0.487 e. The van der Waals surface area contributed by atoms with Gasteiger partial charge in [-0.1, -0.05) is 18.2 Å². The van der Waals surface area contributed by atoms with E-state index in [4.69, 9.17) is 4.74 Å². The zero-order chi connectivity index (χ0) is 23.0. The zero-order valence-electron chi connectivity index (χ0n) is 17.9. The van der Waals surface area contributed by atoms with Crippen LogP contribution < -0.4 is 14.8 Å². The molecular formula is C24H25N3O4S. The molecule has 3 aromatic rings. The summed E-state index contributed by atoms with van der Waals surface area (Å²) in [6.07, 6.45) is 4.86. The van der Waals surface area contributed by atoms with Gasteiger partial charge in [0.25, 0.3) is 0 Å². The molecule has 7 nitrogen and oxygen atoms in total. The number of amides is 1. The van der Waals surface area contributed by atoms with Crippen molar-refractivity contribution in [2.24, 2.45) is 0 Å². The van der Waals surface area contributed by atoms with Gasteiger partial charge in [-0.15, -0.1) is 0 Å². The Labute approximate surface area is 188 Å². The highest BCUT2D eigenvalue weighted by atomic mass is 32.2. The Kier molecular flexibility index (Phi) is 7.62. The van der Waals surface area contributed by atoms with E-state index in [-0.39, 0.29) is 11.7 Å². The highest BCUT2D eigenvalue weighted by Gasteiger charge is 2.09. The zero-order valence-corrected chi connectivity index (χ0v) is 18.7. The van der Waals surface area contributed by atoms with Crippen LogP contribution in [-0.4, -0.2) is 25.1 Å². The Bertz CT molecular complexity index is 1190. The van der Waals surface area contributed by atoms with E-state index in [1.807, 2.05) is 42.5 Å². The maximum Gasteiger partial charge on any atom is 0.248 e. The van der Waals surface area contributed by atoms with E-state index >= 15 is 0 Å². The molecule has 3 rings (SSSR count). The molecular weight excluding hydrogens is 426 g/mol. The quantitative estimate of drug-likeness (QED) is 0.471. The first-order valence-corrected chi connectivity index (χ1v) is 11.7. The minimum atomic E-state index is -3.35. The van der Waals surface area contributed by atoms with Crippen molar-refractivity contribution in [2.45, 2.75) is 20.5 Å². The second-order valence-corrected chi connectivity index (χ2v) is 9.05. The Morgan fingerprint density at radius 2 is 1.88 bits per heavy atom. The van der Waals surface area contributed by atoms with Crippen molar-refractivity contribution in [1.29, 1.82) is 0 Å². The SMILES string of the molecule is CCS(=O)(=O)Nc1ccc(NC(=O)C=Cc2ccc(OCc3ccccn3)cc2)cc1C. The molecule has 0 spiro atoms. The lowest BCUT2D eigenvalue weighted by molar-refractivity contribution is -0.111. The minimum Gasteiger partial charge on any atom is -0.487 e. The molecule has 2 N–H and O–H groups in total. The average Bonchev–Trinajstić information content (AvgIpc) is 2.79. The van der Waals surface area contributed by atoms with Crippen LogP contribution in [0.5, 0.6) is 5.75 Å². The summed E-state index contributed by atoms with van der Waals surface area (Å²) in [7, 11) is -3.35. The summed E-state index contributed by atoms with van der Waals surface area (Å²) in [5, 5.41) is 2.77. The summed E-state index contributed by atoms with van der Waals surface area (Å²) < 4.78 is 31.7. The molecule has 1 heterocycles. The van der Waals surface area contributed by atoms with Crippen LogP contribution in [0.15, 0.2) is 72.9 Å². The molecule has 0 fully saturated rings. The average molecular weight is 452 g/mol. The van der Waals surface area contributed by atoms with Crippen LogP contribution in [0.4, 0.5) is 11.4 Å². The third kappa shape index (κ3) is 6.95. The third-order valence-corrected chi connectivity index (χ3v) is 5.85. The fourth-order valence-electron chi connectivity index (χ4n) is 2.77. The minimum absolute atomic E-state index is 0.00688. The number of rotatable bonds is 9. The number of nitrogens with zero attached hydrogens (tertiary/aromatic N) is 1. The van der Waals surface area contributed by atoms with Crippen LogP contribution in [-0.2, 0) is 21.4 Å². The molecule has 0 saturated heterocycles. The Hall–Kier alpha value is -3.65. The smallest absolute Gasteiger partial charge is 0.248 e. The van der Waals surface area contributed by atoms with E-state index in [2.05, 4.69) is 15.0 Å². The van der Waals surface area contributed by atoms with Gasteiger partial charge in [-0.2, -0.15) is 0 Å². The molecule has 0 aliphatic heterocycles. The molecule has 1 aromatic heterocycles. The molecule has 166 valence electrons. The van der Waals surface area contributed by atoms with Crippen LogP contribution in [0.3, 0.4) is 0 Å². The van der Waals surface area contributed by atoms with Crippen LogP contribution in [0, 0.1) is 6.92 Å². The Balaban J connectivity index is 1.54. The predicted molar refractivity (Wildman–Crippen MR) is 127 cm³/mol. The number of ether oxygens (including phenoxy) is 1. The molecule has 32 heavy (non-hydrogen) atoms. The number of benzene rings is 2. The van der Waals surface area contributed by atoms with Crippen molar-refractivity contribution >= 4 is 33.4 Å². The van der Waals surface area contributed by atoms with Crippen molar-refractivity contribution in [3.63, 3.8) is 0 Å². The second-order valence-electron chi connectivity index (χ2n) is 7.04. The molecule has 0 unspecified atom stereocenters. The number of hydrogen-bond acceptors (Lipinski definition) is 5. The maximum atomic E-state index is 12.2. The molecule has 2 aromatic carbocycles. The molecule has 1 amide bonds. The monoisotopic (exact) mass is 451 g/mol. The number of carbonyl (C=O) groups excluding carboxylic acids is 1. The summed E-state index contributed by atoms with van der Waals surface area (Å²) in [6, 6.07) is 18.0. The molecule has 0 radical (unpaired) electrons. The number of nitrogens with one attached hydrogen (secondary N) is 2. The summed E-state index contributed by atoms with van der Waals surface area (Å²) >= 11 is 0. The van der Waals surface area contributed by atoms with Crippen molar-refractivity contribution in [3.8, 4) is 5.75 Å². The van der Waals surface area contributed by atoms with Crippen LogP contribution in [0.2, 0.25) is 0 Å². The molecule has 0 aliphatic carbocycles. The van der Waals surface area contributed by atoms with Gasteiger partial charge >= 0.3 is 0 Å². The van der Waals surface area contributed by atoms with E-state index < -0.39 is 10.0 Å². The molecule has 8 heteroatoms. The van der Waals surface area contributed by atoms with E-state index in [9.17, 15) is 13.2 Å². The Morgan fingerprint density at radius 3 is 2.53 bits per heavy atom. The summed E-state index contributed by atoms with van der Waals surface area (Å²) in [5.41, 5.74) is 3.48. The Morgan fingerprint density at radius 1 is 1.09 bits per heavy atom. The standard InChI is InChI=1S/C24H25N3O4S/c1-3-32(29,30)27-23-13-10-20(16-18(23)2)26-24(28)14-9-19-7-11-22(12-8-19)31-17-21-6-4-5-15-25-21/h4-16,27H,3,17H2,1-2H3,(H,26,28). The first kappa shape index (κ1) is 23.0. The number of aryl methyl sites for hydroxylation is 1. The van der Waals surface area contributed by atoms with Gasteiger partial charge in [0, 0.05) is 18.0 Å². The number of aromatic nitrogens is 1. The van der Waals surface area contributed by atoms with E-state index in [0.29, 0.717) is 29.3 Å². The fraction of sp³-hybridized carbons (Fsp3) is 0.167. The fourth-order valence-corrected chi connectivity index (χ4v) is 3.48. The summed E-state index contributed by atoms with van der Waals surface area (Å²) in [5.74, 6) is 0.417. The highest BCUT2D eigenvalue weighted by Crippen LogP contribution is 2.21. The van der Waals surface area contributed by atoms with Crippen molar-refractivity contribution in [2.75, 3.05) is 15.8 Å². The van der Waals surface area contributed by atoms with E-state index in [1.165, 1.54) is 6.08 Å². The molecule has 0 bridgehead atoms. The number of carbonyl (C=O) groups is 1. The second kappa shape index (κ2) is 10.6. The van der Waals surface area contributed by atoms with Crippen molar-refractivity contribution in [3.05, 3.63) is 89.8 Å². The topological polar surface area (TPSA) is 97.4 Å². The first-order valence-electron chi connectivity index (χ1n) is 10.1. The molecule has 0 aliphatic rings. The normalized spacial score (nSPS) is 11.3. The first-order chi connectivity index (χ1) is 15.3. The number of sulfonamides is 1. The summed E-state index contributed by atoms with van der Waals surface area (Å²) in [6.45, 7) is 3.73. The molecule has 0 saturated carbocycles. The lowest BCUT2D eigenvalue weighted by Gasteiger charge is -2.11. The van der Waals surface area contributed by atoms with Crippen LogP contribution in [0.25, 0.3) is 6.08 Å². The van der Waals surface area contributed by atoms with Crippen LogP contribution >= 0.6 is 0 Å². The number of anilines is 2.